The zero-order chi connectivity index (χ0) is 13.6. The van der Waals surface area contributed by atoms with Crippen molar-refractivity contribution in [1.29, 1.82) is 0 Å². The number of hydrogen-bond acceptors (Lipinski definition) is 2. The fourth-order valence-corrected chi connectivity index (χ4v) is 3.09. The molecular formula is C15H30N2O. The van der Waals surface area contributed by atoms with Gasteiger partial charge in [-0.2, -0.15) is 0 Å². The summed E-state index contributed by atoms with van der Waals surface area (Å²) < 4.78 is 0. The summed E-state index contributed by atoms with van der Waals surface area (Å²) >= 11 is 0. The zero-order valence-electron chi connectivity index (χ0n) is 12.6. The maximum atomic E-state index is 12.6. The van der Waals surface area contributed by atoms with Crippen LogP contribution in [0.3, 0.4) is 0 Å². The lowest BCUT2D eigenvalue weighted by Crippen LogP contribution is -2.55. The molecule has 106 valence electrons. The predicted octanol–water partition coefficient (Wildman–Crippen LogP) is 2.85. The van der Waals surface area contributed by atoms with Gasteiger partial charge in [-0.3, -0.25) is 4.79 Å². The molecule has 0 saturated carbocycles. The Morgan fingerprint density at radius 1 is 1.33 bits per heavy atom. The molecule has 0 aliphatic carbocycles. The summed E-state index contributed by atoms with van der Waals surface area (Å²) in [4.78, 5) is 12.6. The van der Waals surface area contributed by atoms with E-state index >= 15 is 0 Å². The van der Waals surface area contributed by atoms with E-state index in [9.17, 15) is 4.79 Å². The number of rotatable bonds is 6. The summed E-state index contributed by atoms with van der Waals surface area (Å²) in [7, 11) is 0. The van der Waals surface area contributed by atoms with E-state index in [0.29, 0.717) is 0 Å². The molecule has 1 unspecified atom stereocenters. The minimum absolute atomic E-state index is 0.0793. The van der Waals surface area contributed by atoms with Crippen LogP contribution in [0.15, 0.2) is 0 Å². The normalized spacial score (nSPS) is 24.9. The standard InChI is InChI=1S/C15H30N2O/c1-5-8-14(3,4)17-13(18)15(9-6-2)10-7-11-16-12-15/h16H,5-12H2,1-4H3,(H,17,18). The minimum Gasteiger partial charge on any atom is -0.351 e. The number of hydrogen-bond donors (Lipinski definition) is 2. The Hall–Kier alpha value is -0.570. The maximum Gasteiger partial charge on any atom is 0.227 e. The fourth-order valence-electron chi connectivity index (χ4n) is 3.09. The summed E-state index contributed by atoms with van der Waals surface area (Å²) in [6.45, 7) is 10.5. The topological polar surface area (TPSA) is 41.1 Å². The van der Waals surface area contributed by atoms with Gasteiger partial charge in [0.05, 0.1) is 5.41 Å². The Morgan fingerprint density at radius 2 is 2.06 bits per heavy atom. The van der Waals surface area contributed by atoms with Crippen LogP contribution in [0.1, 0.15) is 66.2 Å². The third-order valence-electron chi connectivity index (χ3n) is 4.01. The molecule has 0 aromatic heterocycles. The van der Waals surface area contributed by atoms with E-state index in [1.165, 1.54) is 0 Å². The second-order valence-electron chi connectivity index (χ2n) is 6.40. The first-order chi connectivity index (χ1) is 8.46. The van der Waals surface area contributed by atoms with E-state index in [1.807, 2.05) is 0 Å². The van der Waals surface area contributed by atoms with Crippen molar-refractivity contribution >= 4 is 5.91 Å². The monoisotopic (exact) mass is 254 g/mol. The SMILES string of the molecule is CCCC(C)(C)NC(=O)C1(CCC)CCCNC1. The van der Waals surface area contributed by atoms with Crippen molar-refractivity contribution in [3.63, 3.8) is 0 Å². The van der Waals surface area contributed by atoms with Crippen LogP contribution in [-0.4, -0.2) is 24.5 Å². The van der Waals surface area contributed by atoms with Gasteiger partial charge >= 0.3 is 0 Å². The van der Waals surface area contributed by atoms with E-state index in [1.54, 1.807) is 0 Å². The highest BCUT2D eigenvalue weighted by Crippen LogP contribution is 2.32. The van der Waals surface area contributed by atoms with E-state index in [-0.39, 0.29) is 16.9 Å². The number of carbonyl (C=O) groups is 1. The van der Waals surface area contributed by atoms with E-state index in [0.717, 1.165) is 51.6 Å². The molecule has 3 heteroatoms. The van der Waals surface area contributed by atoms with Gasteiger partial charge in [-0.1, -0.05) is 26.7 Å². The average molecular weight is 254 g/mol. The molecule has 1 amide bonds. The van der Waals surface area contributed by atoms with Crippen LogP contribution in [0.2, 0.25) is 0 Å². The largest absolute Gasteiger partial charge is 0.351 e. The maximum absolute atomic E-state index is 12.6. The third-order valence-corrected chi connectivity index (χ3v) is 4.01. The van der Waals surface area contributed by atoms with Crippen LogP contribution in [0, 0.1) is 5.41 Å². The number of piperidine rings is 1. The molecule has 0 bridgehead atoms. The summed E-state index contributed by atoms with van der Waals surface area (Å²) in [6.07, 6.45) is 6.35. The van der Waals surface area contributed by atoms with Crippen LogP contribution in [0.5, 0.6) is 0 Å². The highest BCUT2D eigenvalue weighted by atomic mass is 16.2. The van der Waals surface area contributed by atoms with E-state index in [4.69, 9.17) is 0 Å². The van der Waals surface area contributed by atoms with Gasteiger partial charge in [-0.15, -0.1) is 0 Å². The van der Waals surface area contributed by atoms with Crippen molar-refractivity contribution < 1.29 is 4.79 Å². The molecule has 1 saturated heterocycles. The molecule has 1 fully saturated rings. The minimum atomic E-state index is -0.169. The quantitative estimate of drug-likeness (QED) is 0.765. The first-order valence-electron chi connectivity index (χ1n) is 7.49. The fraction of sp³-hybridized carbons (Fsp3) is 0.933. The lowest BCUT2D eigenvalue weighted by molar-refractivity contribution is -0.134. The Kier molecular flexibility index (Phi) is 5.64. The lowest BCUT2D eigenvalue weighted by atomic mass is 9.75. The van der Waals surface area contributed by atoms with Crippen LogP contribution < -0.4 is 10.6 Å². The summed E-state index contributed by atoms with van der Waals surface area (Å²) in [5.74, 6) is 0.259. The van der Waals surface area contributed by atoms with Crippen LogP contribution in [0.25, 0.3) is 0 Å². The first kappa shape index (κ1) is 15.5. The van der Waals surface area contributed by atoms with Gasteiger partial charge in [0, 0.05) is 12.1 Å². The van der Waals surface area contributed by atoms with Gasteiger partial charge in [-0.05, 0) is 46.1 Å². The second kappa shape index (κ2) is 6.55. The highest BCUT2D eigenvalue weighted by molar-refractivity contribution is 5.83. The number of carbonyl (C=O) groups excluding carboxylic acids is 1. The summed E-state index contributed by atoms with van der Waals surface area (Å²) in [5, 5.41) is 6.67. The zero-order valence-corrected chi connectivity index (χ0v) is 12.6. The average Bonchev–Trinajstić information content (AvgIpc) is 2.29. The Balaban J connectivity index is 2.70. The molecule has 0 spiro atoms. The van der Waals surface area contributed by atoms with Gasteiger partial charge in [0.25, 0.3) is 0 Å². The van der Waals surface area contributed by atoms with Crippen molar-refractivity contribution in [1.82, 2.24) is 10.6 Å². The van der Waals surface area contributed by atoms with Crippen LogP contribution >= 0.6 is 0 Å². The molecule has 0 radical (unpaired) electrons. The smallest absolute Gasteiger partial charge is 0.227 e. The summed E-state index contributed by atoms with van der Waals surface area (Å²) in [5.41, 5.74) is -0.248. The van der Waals surface area contributed by atoms with Gasteiger partial charge in [-0.25, -0.2) is 0 Å². The molecule has 3 nitrogen and oxygen atoms in total. The van der Waals surface area contributed by atoms with E-state index in [2.05, 4.69) is 38.3 Å². The molecule has 1 heterocycles. The third kappa shape index (κ3) is 3.98. The highest BCUT2D eigenvalue weighted by Gasteiger charge is 2.40. The molecule has 0 aromatic rings. The predicted molar refractivity (Wildman–Crippen MR) is 76.6 cm³/mol. The van der Waals surface area contributed by atoms with Gasteiger partial charge in [0.1, 0.15) is 0 Å². The lowest BCUT2D eigenvalue weighted by Gasteiger charge is -2.39. The molecule has 1 rings (SSSR count). The van der Waals surface area contributed by atoms with Crippen molar-refractivity contribution in [3.8, 4) is 0 Å². The molecule has 1 aliphatic heterocycles. The van der Waals surface area contributed by atoms with Crippen LogP contribution in [0.4, 0.5) is 0 Å². The van der Waals surface area contributed by atoms with E-state index < -0.39 is 0 Å². The molecule has 1 atom stereocenters. The molecule has 1 aliphatic rings. The summed E-state index contributed by atoms with van der Waals surface area (Å²) in [6, 6.07) is 0. The van der Waals surface area contributed by atoms with Crippen LogP contribution in [-0.2, 0) is 4.79 Å². The number of amides is 1. The Bertz CT molecular complexity index is 262. The molecule has 2 N–H and O–H groups in total. The second-order valence-corrected chi connectivity index (χ2v) is 6.40. The van der Waals surface area contributed by atoms with Crippen molar-refractivity contribution in [2.75, 3.05) is 13.1 Å². The van der Waals surface area contributed by atoms with Gasteiger partial charge in [0.2, 0.25) is 5.91 Å². The number of nitrogens with one attached hydrogen (secondary N) is 2. The molecule has 18 heavy (non-hydrogen) atoms. The molecular weight excluding hydrogens is 224 g/mol. The van der Waals surface area contributed by atoms with Crippen molar-refractivity contribution in [2.24, 2.45) is 5.41 Å². The van der Waals surface area contributed by atoms with Crippen molar-refractivity contribution in [3.05, 3.63) is 0 Å². The van der Waals surface area contributed by atoms with Gasteiger partial charge < -0.3 is 10.6 Å². The van der Waals surface area contributed by atoms with Crippen molar-refractivity contribution in [2.45, 2.75) is 71.8 Å². The first-order valence-corrected chi connectivity index (χ1v) is 7.49. The molecule has 0 aromatic carbocycles. The Labute approximate surface area is 112 Å². The Morgan fingerprint density at radius 3 is 2.56 bits per heavy atom. The van der Waals surface area contributed by atoms with Gasteiger partial charge in [0.15, 0.2) is 0 Å².